The van der Waals surface area contributed by atoms with E-state index < -0.39 is 0 Å². The summed E-state index contributed by atoms with van der Waals surface area (Å²) in [6.07, 6.45) is 14.5. The Morgan fingerprint density at radius 3 is 2.76 bits per heavy atom. The van der Waals surface area contributed by atoms with Crippen LogP contribution in [-0.4, -0.2) is 5.78 Å². The number of hydrogen-bond donors (Lipinski definition) is 0. The van der Waals surface area contributed by atoms with Gasteiger partial charge in [0.2, 0.25) is 0 Å². The maximum Gasteiger partial charge on any atom is 0.155 e. The van der Waals surface area contributed by atoms with Crippen LogP contribution in [0.4, 0.5) is 0 Å². The molecule has 4 rings (SSSR count). The molecule has 5 atom stereocenters. The van der Waals surface area contributed by atoms with E-state index in [2.05, 4.69) is 19.9 Å². The van der Waals surface area contributed by atoms with Gasteiger partial charge in [0.25, 0.3) is 0 Å². The van der Waals surface area contributed by atoms with Crippen LogP contribution < -0.4 is 0 Å². The number of carbonyl (C=O) groups is 1. The van der Waals surface area contributed by atoms with E-state index in [1.807, 2.05) is 6.08 Å². The van der Waals surface area contributed by atoms with E-state index in [1.165, 1.54) is 44.1 Å². The highest BCUT2D eigenvalue weighted by Crippen LogP contribution is 2.63. The van der Waals surface area contributed by atoms with Gasteiger partial charge in [-0.05, 0) is 87.0 Å². The van der Waals surface area contributed by atoms with Gasteiger partial charge in [-0.2, -0.15) is 0 Å². The fourth-order valence-electron chi connectivity index (χ4n) is 6.50. The first kappa shape index (κ1) is 13.8. The lowest BCUT2D eigenvalue weighted by atomic mass is 9.52. The Kier molecular flexibility index (Phi) is 3.17. The van der Waals surface area contributed by atoms with Crippen LogP contribution in [0.2, 0.25) is 0 Å². The molecule has 0 aromatic heterocycles. The molecule has 0 amide bonds. The molecule has 114 valence electrons. The van der Waals surface area contributed by atoms with Gasteiger partial charge in [-0.15, -0.1) is 0 Å². The zero-order valence-corrected chi connectivity index (χ0v) is 13.5. The quantitative estimate of drug-likeness (QED) is 0.567. The standard InChI is InChI=1S/C20H28O/c1-3-14-5-9-19-18-7-4-13-12-15(21)6-8-16(13)17(18)10-11-20(14,19)2/h3,12,16-19H,4-11H2,1-2H3/t16-,17?,18?,19?,20+/m0/s1. The highest BCUT2D eigenvalue weighted by atomic mass is 16.1. The normalized spacial score (nSPS) is 47.6. The zero-order valence-electron chi connectivity index (χ0n) is 13.5. The van der Waals surface area contributed by atoms with Crippen LogP contribution in [0.5, 0.6) is 0 Å². The van der Waals surface area contributed by atoms with Crippen molar-refractivity contribution in [3.63, 3.8) is 0 Å². The van der Waals surface area contributed by atoms with Gasteiger partial charge in [0.05, 0.1) is 0 Å². The third kappa shape index (κ3) is 1.92. The predicted molar refractivity (Wildman–Crippen MR) is 85.9 cm³/mol. The summed E-state index contributed by atoms with van der Waals surface area (Å²) < 4.78 is 0. The molecule has 0 N–H and O–H groups in total. The molecule has 0 aromatic carbocycles. The van der Waals surface area contributed by atoms with Gasteiger partial charge in [-0.25, -0.2) is 0 Å². The molecule has 3 unspecified atom stereocenters. The lowest BCUT2D eigenvalue weighted by Crippen LogP contribution is -2.45. The Labute approximate surface area is 128 Å². The van der Waals surface area contributed by atoms with Crippen LogP contribution in [0.1, 0.15) is 65.2 Å². The minimum absolute atomic E-state index is 0.386. The van der Waals surface area contributed by atoms with Crippen LogP contribution in [0.25, 0.3) is 0 Å². The molecular weight excluding hydrogens is 256 g/mol. The first-order valence-corrected chi connectivity index (χ1v) is 9.02. The van der Waals surface area contributed by atoms with Crippen LogP contribution in [0.3, 0.4) is 0 Å². The highest BCUT2D eigenvalue weighted by Gasteiger charge is 2.53. The van der Waals surface area contributed by atoms with Crippen molar-refractivity contribution in [2.75, 3.05) is 0 Å². The molecule has 0 aliphatic heterocycles. The Bertz CT molecular complexity index is 526. The van der Waals surface area contributed by atoms with Crippen molar-refractivity contribution in [1.82, 2.24) is 0 Å². The molecular formula is C20H28O. The minimum atomic E-state index is 0.386. The maximum atomic E-state index is 11.7. The minimum Gasteiger partial charge on any atom is -0.295 e. The van der Waals surface area contributed by atoms with Crippen molar-refractivity contribution in [3.8, 4) is 0 Å². The summed E-state index contributed by atoms with van der Waals surface area (Å²) in [5.41, 5.74) is 3.76. The van der Waals surface area contributed by atoms with Crippen molar-refractivity contribution < 1.29 is 4.79 Å². The smallest absolute Gasteiger partial charge is 0.155 e. The predicted octanol–water partition coefficient (Wildman–Crippen LogP) is 5.07. The van der Waals surface area contributed by atoms with Crippen LogP contribution in [0.15, 0.2) is 23.3 Å². The SMILES string of the molecule is CC=C1CCC2C3CCC4=CC(=O)CC[C@@H]4C3CC[C@]12C. The molecule has 0 spiro atoms. The fraction of sp³-hybridized carbons (Fsp3) is 0.750. The molecule has 4 aliphatic carbocycles. The summed E-state index contributed by atoms with van der Waals surface area (Å²) in [6.45, 7) is 4.79. The molecule has 3 fully saturated rings. The van der Waals surface area contributed by atoms with Crippen molar-refractivity contribution in [2.24, 2.45) is 29.1 Å². The average molecular weight is 284 g/mol. The molecule has 3 saturated carbocycles. The molecule has 0 bridgehead atoms. The van der Waals surface area contributed by atoms with Gasteiger partial charge in [-0.3, -0.25) is 4.79 Å². The number of fused-ring (bicyclic) bond motifs is 5. The van der Waals surface area contributed by atoms with Crippen LogP contribution >= 0.6 is 0 Å². The van der Waals surface area contributed by atoms with Gasteiger partial charge >= 0.3 is 0 Å². The summed E-state index contributed by atoms with van der Waals surface area (Å²) in [6, 6.07) is 0. The molecule has 1 heteroatoms. The topological polar surface area (TPSA) is 17.1 Å². The average Bonchev–Trinajstić information content (AvgIpc) is 2.83. The number of ketones is 1. The van der Waals surface area contributed by atoms with E-state index in [-0.39, 0.29) is 0 Å². The van der Waals surface area contributed by atoms with E-state index in [4.69, 9.17) is 0 Å². The lowest BCUT2D eigenvalue weighted by molar-refractivity contribution is -0.115. The maximum absolute atomic E-state index is 11.7. The second kappa shape index (κ2) is 4.83. The Morgan fingerprint density at radius 1 is 1.10 bits per heavy atom. The Balaban J connectivity index is 1.64. The van der Waals surface area contributed by atoms with E-state index in [9.17, 15) is 4.79 Å². The summed E-state index contributed by atoms with van der Waals surface area (Å²) >= 11 is 0. The Morgan fingerprint density at radius 2 is 1.95 bits per heavy atom. The van der Waals surface area contributed by atoms with Crippen molar-refractivity contribution >= 4 is 5.78 Å². The first-order valence-electron chi connectivity index (χ1n) is 9.02. The number of allylic oxidation sites excluding steroid dienone is 3. The first-order chi connectivity index (χ1) is 10.1. The molecule has 21 heavy (non-hydrogen) atoms. The molecule has 0 saturated heterocycles. The van der Waals surface area contributed by atoms with E-state index >= 15 is 0 Å². The lowest BCUT2D eigenvalue weighted by Gasteiger charge is -2.53. The van der Waals surface area contributed by atoms with Crippen molar-refractivity contribution in [3.05, 3.63) is 23.3 Å². The van der Waals surface area contributed by atoms with E-state index in [0.717, 1.165) is 36.5 Å². The van der Waals surface area contributed by atoms with E-state index in [1.54, 1.807) is 5.57 Å². The van der Waals surface area contributed by atoms with Crippen LogP contribution in [-0.2, 0) is 4.79 Å². The summed E-state index contributed by atoms with van der Waals surface area (Å²) in [7, 11) is 0. The third-order valence-electron chi connectivity index (χ3n) is 7.50. The second-order valence-electron chi connectivity index (χ2n) is 8.11. The summed E-state index contributed by atoms with van der Waals surface area (Å²) in [4.78, 5) is 11.7. The van der Waals surface area contributed by atoms with E-state index in [0.29, 0.717) is 11.2 Å². The molecule has 0 aromatic rings. The molecule has 0 heterocycles. The van der Waals surface area contributed by atoms with Crippen molar-refractivity contribution in [1.29, 1.82) is 0 Å². The fourth-order valence-corrected chi connectivity index (χ4v) is 6.50. The highest BCUT2D eigenvalue weighted by molar-refractivity contribution is 5.91. The largest absolute Gasteiger partial charge is 0.295 e. The summed E-state index contributed by atoms with van der Waals surface area (Å²) in [5, 5.41) is 0. The number of carbonyl (C=O) groups excluding carboxylic acids is 1. The molecule has 0 radical (unpaired) electrons. The number of hydrogen-bond acceptors (Lipinski definition) is 1. The monoisotopic (exact) mass is 284 g/mol. The Hall–Kier alpha value is -0.850. The summed E-state index contributed by atoms with van der Waals surface area (Å²) in [5.74, 6) is 3.86. The van der Waals surface area contributed by atoms with Crippen molar-refractivity contribution in [2.45, 2.75) is 65.2 Å². The van der Waals surface area contributed by atoms with Gasteiger partial charge in [0.15, 0.2) is 5.78 Å². The van der Waals surface area contributed by atoms with Gasteiger partial charge in [-0.1, -0.05) is 24.1 Å². The van der Waals surface area contributed by atoms with Crippen LogP contribution in [0, 0.1) is 29.1 Å². The van der Waals surface area contributed by atoms with Gasteiger partial charge in [0.1, 0.15) is 0 Å². The number of rotatable bonds is 0. The third-order valence-corrected chi connectivity index (χ3v) is 7.50. The molecule has 4 aliphatic rings. The van der Waals surface area contributed by atoms with Gasteiger partial charge < -0.3 is 0 Å². The second-order valence-corrected chi connectivity index (χ2v) is 8.11. The van der Waals surface area contributed by atoms with Gasteiger partial charge in [0, 0.05) is 6.42 Å². The molecule has 1 nitrogen and oxygen atoms in total. The zero-order chi connectivity index (χ0) is 14.6.